The van der Waals surface area contributed by atoms with Gasteiger partial charge >= 0.3 is 67.8 Å². The number of aliphatic hydroxyl groups excluding tert-OH is 1. The molecule has 0 spiro atoms. The van der Waals surface area contributed by atoms with E-state index < -0.39 is 16.4 Å². The van der Waals surface area contributed by atoms with E-state index in [9.17, 15) is 18.3 Å². The molecule has 0 radical (unpaired) electrons. The van der Waals surface area contributed by atoms with Gasteiger partial charge in [0.25, 0.3) is 0 Å². The number of unbranched alkanes of at least 4 members (excludes halogenated alkanes) is 11. The molecule has 6 nitrogen and oxygen atoms in total. The Kier molecular flexibility index (Phi) is 27.1. The molecule has 186 valence electrons. The first-order valence-corrected chi connectivity index (χ1v) is 13.7. The average molecular weight is 503 g/mol. The van der Waals surface area contributed by atoms with Crippen LogP contribution in [-0.4, -0.2) is 32.2 Å². The SMILES string of the molecule is CCCCCCOS(=O)(=O)OC(=O)CCCCCCC/C=C\C[C@H](O)CCCCCC.[H-].[K+]. The Balaban J connectivity index is -0.00000450. The van der Waals surface area contributed by atoms with Gasteiger partial charge in [-0.1, -0.05) is 90.2 Å². The molecule has 0 aromatic rings. The molecule has 0 saturated heterocycles. The van der Waals surface area contributed by atoms with Gasteiger partial charge in [0.2, 0.25) is 0 Å². The second-order valence-electron chi connectivity index (χ2n) is 8.26. The van der Waals surface area contributed by atoms with Gasteiger partial charge in [-0.15, -0.1) is 0 Å². The molecule has 0 bridgehead atoms. The molecule has 1 N–H and O–H groups in total. The summed E-state index contributed by atoms with van der Waals surface area (Å²) in [6.45, 7) is 4.32. The molecule has 0 aromatic carbocycles. The molecule has 0 amide bonds. The Morgan fingerprint density at radius 3 is 2.16 bits per heavy atom. The zero-order chi connectivity index (χ0) is 23.2. The molecule has 1 atom stereocenters. The van der Waals surface area contributed by atoms with Crippen LogP contribution in [0.5, 0.6) is 0 Å². The van der Waals surface area contributed by atoms with E-state index in [-0.39, 0.29) is 71.9 Å². The van der Waals surface area contributed by atoms with Crippen molar-refractivity contribution < 1.29 is 79.5 Å². The van der Waals surface area contributed by atoms with E-state index in [2.05, 4.69) is 34.4 Å². The van der Waals surface area contributed by atoms with Crippen LogP contribution in [0.4, 0.5) is 0 Å². The topological polar surface area (TPSA) is 89.9 Å². The van der Waals surface area contributed by atoms with Crippen LogP contribution in [0.1, 0.15) is 124 Å². The fraction of sp³-hybridized carbons (Fsp3) is 0.875. The van der Waals surface area contributed by atoms with Crippen LogP contribution in [0.2, 0.25) is 0 Å². The number of aliphatic hydroxyl groups is 1. The molecule has 0 aliphatic heterocycles. The molecular formula is C24H47KO6S. The normalized spacial score (nSPS) is 12.6. The number of carbonyl (C=O) groups excluding carboxylic acids is 1. The van der Waals surface area contributed by atoms with E-state index >= 15 is 0 Å². The maximum absolute atomic E-state index is 11.6. The first-order valence-electron chi connectivity index (χ1n) is 12.4. The minimum absolute atomic E-state index is 0. The van der Waals surface area contributed by atoms with E-state index in [4.69, 9.17) is 0 Å². The van der Waals surface area contributed by atoms with Crippen LogP contribution in [0.15, 0.2) is 12.2 Å². The summed E-state index contributed by atoms with van der Waals surface area (Å²) in [5.41, 5.74) is 0. The van der Waals surface area contributed by atoms with Gasteiger partial charge < -0.3 is 10.7 Å². The largest absolute Gasteiger partial charge is 1.00 e. The summed E-state index contributed by atoms with van der Waals surface area (Å²) in [7, 11) is -4.22. The molecule has 0 fully saturated rings. The fourth-order valence-electron chi connectivity index (χ4n) is 3.23. The third kappa shape index (κ3) is 25.3. The summed E-state index contributed by atoms with van der Waals surface area (Å²) in [6, 6.07) is 0. The van der Waals surface area contributed by atoms with Crippen LogP contribution in [-0.2, 0) is 23.6 Å². The molecule has 0 saturated carbocycles. The molecular weight excluding hydrogens is 455 g/mol. The molecule has 32 heavy (non-hydrogen) atoms. The van der Waals surface area contributed by atoms with E-state index in [1.807, 2.05) is 0 Å². The van der Waals surface area contributed by atoms with Crippen molar-refractivity contribution in [2.45, 2.75) is 129 Å². The van der Waals surface area contributed by atoms with Crippen molar-refractivity contribution in [3.8, 4) is 0 Å². The van der Waals surface area contributed by atoms with Gasteiger partial charge in [-0.3, -0.25) is 4.79 Å². The molecule has 0 aliphatic rings. The predicted molar refractivity (Wildman–Crippen MR) is 127 cm³/mol. The standard InChI is InChI=1S/C24H46O6S.K.H/c1-3-5-7-15-19-23(25)20-16-13-11-9-10-12-14-17-21-24(26)30-31(27,28)29-22-18-8-6-4-2;;/h13,16,23,25H,3-12,14-15,17-22H2,1-2H3;;/q;+1;-1/b16-13-;;/t23-;;/m1../s1. The van der Waals surface area contributed by atoms with Crippen molar-refractivity contribution in [1.82, 2.24) is 0 Å². The first kappa shape index (κ1) is 34.9. The van der Waals surface area contributed by atoms with Crippen molar-refractivity contribution in [2.24, 2.45) is 0 Å². The summed E-state index contributed by atoms with van der Waals surface area (Å²) in [6.07, 6.45) is 19.7. The Bertz CT molecular complexity index is 557. The van der Waals surface area contributed by atoms with E-state index in [0.29, 0.717) is 12.8 Å². The van der Waals surface area contributed by atoms with Crippen LogP contribution >= 0.6 is 0 Å². The van der Waals surface area contributed by atoms with Crippen molar-refractivity contribution in [3.05, 3.63) is 12.2 Å². The Hall–Kier alpha value is 0.716. The van der Waals surface area contributed by atoms with Gasteiger partial charge in [0.1, 0.15) is 0 Å². The average Bonchev–Trinajstić information content (AvgIpc) is 2.72. The minimum atomic E-state index is -4.22. The summed E-state index contributed by atoms with van der Waals surface area (Å²) in [4.78, 5) is 11.6. The summed E-state index contributed by atoms with van der Waals surface area (Å²) < 4.78 is 32.3. The Labute approximate surface area is 241 Å². The maximum Gasteiger partial charge on any atom is 1.00 e. The van der Waals surface area contributed by atoms with E-state index in [0.717, 1.165) is 70.6 Å². The third-order valence-corrected chi connectivity index (χ3v) is 5.98. The summed E-state index contributed by atoms with van der Waals surface area (Å²) in [5, 5.41) is 9.90. The molecule has 0 unspecified atom stereocenters. The zero-order valence-corrected chi connectivity index (χ0v) is 24.8. The molecule has 0 aliphatic carbocycles. The predicted octanol–water partition coefficient (Wildman–Crippen LogP) is 3.50. The smallest absolute Gasteiger partial charge is 1.00 e. The van der Waals surface area contributed by atoms with E-state index in [1.165, 1.54) is 19.3 Å². The second-order valence-corrected chi connectivity index (χ2v) is 9.48. The van der Waals surface area contributed by atoms with Crippen LogP contribution < -0.4 is 51.4 Å². The van der Waals surface area contributed by atoms with Crippen LogP contribution in [0, 0.1) is 0 Å². The summed E-state index contributed by atoms with van der Waals surface area (Å²) >= 11 is 0. The van der Waals surface area contributed by atoms with Gasteiger partial charge in [0.05, 0.1) is 12.7 Å². The Morgan fingerprint density at radius 1 is 0.875 bits per heavy atom. The number of hydrogen-bond acceptors (Lipinski definition) is 6. The molecule has 0 heterocycles. The number of carbonyl (C=O) groups is 1. The maximum atomic E-state index is 11.6. The third-order valence-electron chi connectivity index (χ3n) is 5.14. The minimum Gasteiger partial charge on any atom is -1.00 e. The summed E-state index contributed by atoms with van der Waals surface area (Å²) in [5.74, 6) is -0.746. The molecule has 8 heteroatoms. The van der Waals surface area contributed by atoms with Gasteiger partial charge in [0, 0.05) is 6.42 Å². The van der Waals surface area contributed by atoms with Crippen LogP contribution in [0.25, 0.3) is 0 Å². The van der Waals surface area contributed by atoms with Gasteiger partial charge in [-0.05, 0) is 38.5 Å². The number of rotatable bonds is 22. The first-order chi connectivity index (χ1) is 14.9. The monoisotopic (exact) mass is 502 g/mol. The van der Waals surface area contributed by atoms with E-state index in [1.54, 1.807) is 0 Å². The van der Waals surface area contributed by atoms with Crippen LogP contribution in [0.3, 0.4) is 0 Å². The van der Waals surface area contributed by atoms with Crippen molar-refractivity contribution in [3.63, 3.8) is 0 Å². The fourth-order valence-corrected chi connectivity index (χ4v) is 3.91. The van der Waals surface area contributed by atoms with Gasteiger partial charge in [-0.2, -0.15) is 8.42 Å². The van der Waals surface area contributed by atoms with Gasteiger partial charge in [-0.25, -0.2) is 4.18 Å². The van der Waals surface area contributed by atoms with Crippen molar-refractivity contribution in [2.75, 3.05) is 6.61 Å². The molecule has 0 aromatic heterocycles. The molecule has 0 rings (SSSR count). The number of allylic oxidation sites excluding steroid dienone is 1. The Morgan fingerprint density at radius 2 is 1.47 bits per heavy atom. The second kappa shape index (κ2) is 24.8. The van der Waals surface area contributed by atoms with Gasteiger partial charge in [0.15, 0.2) is 0 Å². The van der Waals surface area contributed by atoms with Crippen molar-refractivity contribution in [1.29, 1.82) is 0 Å². The van der Waals surface area contributed by atoms with Crippen molar-refractivity contribution >= 4 is 16.4 Å². The number of hydrogen-bond donors (Lipinski definition) is 1. The quantitative estimate of drug-likeness (QED) is 0.138. The zero-order valence-electron chi connectivity index (χ0n) is 21.9.